The minimum absolute atomic E-state index is 0.246. The molecule has 1 fully saturated rings. The second-order valence-corrected chi connectivity index (χ2v) is 6.41. The summed E-state index contributed by atoms with van der Waals surface area (Å²) in [7, 11) is 2.05. The van der Waals surface area contributed by atoms with E-state index < -0.39 is 0 Å². The molecule has 2 aliphatic rings. The molecule has 1 atom stereocenters. The van der Waals surface area contributed by atoms with Crippen LogP contribution in [0.4, 0.5) is 0 Å². The molecular formula is C18H24N4O. The smallest absolute Gasteiger partial charge is 0.0768 e. The van der Waals surface area contributed by atoms with Gasteiger partial charge in [0.05, 0.1) is 30.6 Å². The second-order valence-electron chi connectivity index (χ2n) is 6.41. The van der Waals surface area contributed by atoms with Crippen LogP contribution in [0.15, 0.2) is 30.3 Å². The Morgan fingerprint density at radius 2 is 2.09 bits per heavy atom. The maximum absolute atomic E-state index is 5.42. The van der Waals surface area contributed by atoms with E-state index in [2.05, 4.69) is 47.6 Å². The van der Waals surface area contributed by atoms with Crippen molar-refractivity contribution in [2.24, 2.45) is 7.05 Å². The first-order valence-corrected chi connectivity index (χ1v) is 8.45. The highest BCUT2D eigenvalue weighted by atomic mass is 16.5. The van der Waals surface area contributed by atoms with Gasteiger partial charge >= 0.3 is 0 Å². The van der Waals surface area contributed by atoms with E-state index in [-0.39, 0.29) is 6.04 Å². The van der Waals surface area contributed by atoms with Crippen molar-refractivity contribution in [1.29, 1.82) is 0 Å². The number of hydrogen-bond acceptors (Lipinski definition) is 4. The number of ether oxygens (including phenoxy) is 1. The molecule has 5 nitrogen and oxygen atoms in total. The van der Waals surface area contributed by atoms with Gasteiger partial charge in [-0.05, 0) is 23.6 Å². The first-order chi connectivity index (χ1) is 11.3. The number of hydrogen-bond donors (Lipinski definition) is 1. The molecule has 2 aliphatic heterocycles. The molecule has 0 spiro atoms. The molecule has 1 saturated heterocycles. The van der Waals surface area contributed by atoms with E-state index in [4.69, 9.17) is 9.84 Å². The summed E-state index contributed by atoms with van der Waals surface area (Å²) in [4.78, 5) is 2.41. The SMILES string of the molecule is Cn1nc(CN2CCOCC2)cc1[C@H]1NCCc2ccccc21. The van der Waals surface area contributed by atoms with Crippen LogP contribution >= 0.6 is 0 Å². The molecule has 2 aromatic rings. The van der Waals surface area contributed by atoms with Crippen LogP contribution in [0.2, 0.25) is 0 Å². The summed E-state index contributed by atoms with van der Waals surface area (Å²) in [5.74, 6) is 0. The quantitative estimate of drug-likeness (QED) is 0.932. The third kappa shape index (κ3) is 3.04. The van der Waals surface area contributed by atoms with E-state index in [1.165, 1.54) is 16.8 Å². The lowest BCUT2D eigenvalue weighted by atomic mass is 9.92. The van der Waals surface area contributed by atoms with Gasteiger partial charge in [-0.3, -0.25) is 9.58 Å². The van der Waals surface area contributed by atoms with Crippen LogP contribution in [0.3, 0.4) is 0 Å². The van der Waals surface area contributed by atoms with Crippen LogP contribution in [0, 0.1) is 0 Å². The van der Waals surface area contributed by atoms with Crippen molar-refractivity contribution in [1.82, 2.24) is 20.0 Å². The normalized spacial score (nSPS) is 22.0. The van der Waals surface area contributed by atoms with Crippen LogP contribution in [0.25, 0.3) is 0 Å². The Morgan fingerprint density at radius 1 is 1.26 bits per heavy atom. The van der Waals surface area contributed by atoms with Crippen molar-refractivity contribution in [3.05, 3.63) is 52.8 Å². The zero-order chi connectivity index (χ0) is 15.6. The molecule has 0 unspecified atom stereocenters. The maximum Gasteiger partial charge on any atom is 0.0768 e. The summed E-state index contributed by atoms with van der Waals surface area (Å²) in [6, 6.07) is 11.2. The molecular weight excluding hydrogens is 288 g/mol. The summed E-state index contributed by atoms with van der Waals surface area (Å²) in [5, 5.41) is 8.40. The molecule has 0 aliphatic carbocycles. The molecule has 0 bridgehead atoms. The summed E-state index contributed by atoms with van der Waals surface area (Å²) in [6.07, 6.45) is 1.10. The highest BCUT2D eigenvalue weighted by Crippen LogP contribution is 2.28. The van der Waals surface area contributed by atoms with Crippen LogP contribution in [-0.2, 0) is 24.8 Å². The van der Waals surface area contributed by atoms with Gasteiger partial charge in [0, 0.05) is 33.2 Å². The van der Waals surface area contributed by atoms with Crippen molar-refractivity contribution in [3.63, 3.8) is 0 Å². The number of morpholine rings is 1. The monoisotopic (exact) mass is 312 g/mol. The van der Waals surface area contributed by atoms with Crippen molar-refractivity contribution in [2.45, 2.75) is 19.0 Å². The molecule has 4 rings (SSSR count). The number of benzene rings is 1. The van der Waals surface area contributed by atoms with Crippen LogP contribution in [-0.4, -0.2) is 47.5 Å². The largest absolute Gasteiger partial charge is 0.379 e. The molecule has 3 heterocycles. The third-order valence-corrected chi connectivity index (χ3v) is 4.86. The fourth-order valence-corrected chi connectivity index (χ4v) is 3.65. The molecule has 0 radical (unpaired) electrons. The van der Waals surface area contributed by atoms with E-state index in [1.54, 1.807) is 0 Å². The van der Waals surface area contributed by atoms with Gasteiger partial charge in [0.25, 0.3) is 0 Å². The topological polar surface area (TPSA) is 42.3 Å². The van der Waals surface area contributed by atoms with Gasteiger partial charge in [0.15, 0.2) is 0 Å². The Kier molecular flexibility index (Phi) is 4.16. The molecule has 5 heteroatoms. The standard InChI is InChI=1S/C18H24N4O/c1-21-17(12-15(20-21)13-22-8-10-23-11-9-22)18-16-5-3-2-4-14(16)6-7-19-18/h2-5,12,18-19H,6-11,13H2,1H3/t18-/m0/s1. The van der Waals surface area contributed by atoms with Crippen molar-refractivity contribution in [3.8, 4) is 0 Å². The fourth-order valence-electron chi connectivity index (χ4n) is 3.65. The van der Waals surface area contributed by atoms with Gasteiger partial charge in [-0.1, -0.05) is 24.3 Å². The molecule has 1 aromatic heterocycles. The van der Waals surface area contributed by atoms with Gasteiger partial charge in [0.1, 0.15) is 0 Å². The minimum Gasteiger partial charge on any atom is -0.379 e. The van der Waals surface area contributed by atoms with E-state index in [0.717, 1.165) is 51.5 Å². The predicted octanol–water partition coefficient (Wildman–Crippen LogP) is 1.49. The molecule has 122 valence electrons. The Hall–Kier alpha value is -1.69. The lowest BCUT2D eigenvalue weighted by Gasteiger charge is -2.27. The number of fused-ring (bicyclic) bond motifs is 1. The summed E-state index contributed by atoms with van der Waals surface area (Å²) < 4.78 is 7.46. The average molecular weight is 312 g/mol. The van der Waals surface area contributed by atoms with Gasteiger partial charge in [0.2, 0.25) is 0 Å². The summed E-state index contributed by atoms with van der Waals surface area (Å²) in [6.45, 7) is 5.58. The molecule has 1 aromatic carbocycles. The lowest BCUT2D eigenvalue weighted by molar-refractivity contribution is 0.0336. The molecule has 0 saturated carbocycles. The highest BCUT2D eigenvalue weighted by molar-refractivity contribution is 5.38. The maximum atomic E-state index is 5.42. The number of aryl methyl sites for hydroxylation is 1. The van der Waals surface area contributed by atoms with Crippen LogP contribution < -0.4 is 5.32 Å². The van der Waals surface area contributed by atoms with E-state index >= 15 is 0 Å². The van der Waals surface area contributed by atoms with Gasteiger partial charge in [-0.15, -0.1) is 0 Å². The summed E-state index contributed by atoms with van der Waals surface area (Å²) in [5.41, 5.74) is 5.24. The zero-order valence-corrected chi connectivity index (χ0v) is 13.7. The van der Waals surface area contributed by atoms with Crippen molar-refractivity contribution >= 4 is 0 Å². The Morgan fingerprint density at radius 3 is 2.96 bits per heavy atom. The third-order valence-electron chi connectivity index (χ3n) is 4.86. The van der Waals surface area contributed by atoms with Gasteiger partial charge in [-0.25, -0.2) is 0 Å². The predicted molar refractivity (Wildman–Crippen MR) is 89.3 cm³/mol. The zero-order valence-electron chi connectivity index (χ0n) is 13.7. The molecule has 1 N–H and O–H groups in total. The first-order valence-electron chi connectivity index (χ1n) is 8.45. The number of rotatable bonds is 3. The highest BCUT2D eigenvalue weighted by Gasteiger charge is 2.24. The fraction of sp³-hybridized carbons (Fsp3) is 0.500. The van der Waals surface area contributed by atoms with Crippen molar-refractivity contribution < 1.29 is 4.74 Å². The Balaban J connectivity index is 1.58. The second kappa shape index (κ2) is 6.43. The van der Waals surface area contributed by atoms with E-state index in [0.29, 0.717) is 0 Å². The van der Waals surface area contributed by atoms with E-state index in [9.17, 15) is 0 Å². The number of nitrogens with zero attached hydrogens (tertiary/aromatic N) is 3. The van der Waals surface area contributed by atoms with Gasteiger partial charge < -0.3 is 10.1 Å². The Labute approximate surface area is 137 Å². The van der Waals surface area contributed by atoms with E-state index in [1.807, 2.05) is 4.68 Å². The first kappa shape index (κ1) is 14.9. The Bertz CT molecular complexity index is 675. The van der Waals surface area contributed by atoms with Crippen molar-refractivity contribution in [2.75, 3.05) is 32.8 Å². The van der Waals surface area contributed by atoms with Gasteiger partial charge in [-0.2, -0.15) is 5.10 Å². The summed E-state index contributed by atoms with van der Waals surface area (Å²) >= 11 is 0. The minimum atomic E-state index is 0.246. The molecule has 23 heavy (non-hydrogen) atoms. The molecule has 0 amide bonds. The number of aromatic nitrogens is 2. The van der Waals surface area contributed by atoms with Crippen LogP contribution in [0.1, 0.15) is 28.6 Å². The average Bonchev–Trinajstić information content (AvgIpc) is 2.95. The number of nitrogens with one attached hydrogen (secondary N) is 1. The van der Waals surface area contributed by atoms with Crippen LogP contribution in [0.5, 0.6) is 0 Å². The lowest BCUT2D eigenvalue weighted by Crippen LogP contribution is -2.35.